The van der Waals surface area contributed by atoms with Crippen molar-refractivity contribution in [1.82, 2.24) is 10.6 Å². The SMILES string of the molecule is CCNC(=NCCOCC)NCCc1ccc(O)c(OC)c1.I. The molecule has 0 spiro atoms. The monoisotopic (exact) mass is 437 g/mol. The minimum atomic E-state index is 0. The maximum Gasteiger partial charge on any atom is 0.191 e. The molecule has 1 rings (SSSR count). The van der Waals surface area contributed by atoms with Gasteiger partial charge in [0.25, 0.3) is 0 Å². The molecule has 0 saturated heterocycles. The van der Waals surface area contributed by atoms with E-state index in [9.17, 15) is 5.11 Å². The highest BCUT2D eigenvalue weighted by molar-refractivity contribution is 14.0. The first-order valence-corrected chi connectivity index (χ1v) is 7.67. The number of benzene rings is 1. The van der Waals surface area contributed by atoms with Gasteiger partial charge in [0.15, 0.2) is 17.5 Å². The smallest absolute Gasteiger partial charge is 0.191 e. The summed E-state index contributed by atoms with van der Waals surface area (Å²) < 4.78 is 10.4. The van der Waals surface area contributed by atoms with Crippen molar-refractivity contribution in [2.45, 2.75) is 20.3 Å². The molecule has 0 aliphatic carbocycles. The van der Waals surface area contributed by atoms with Gasteiger partial charge < -0.3 is 25.2 Å². The van der Waals surface area contributed by atoms with Crippen LogP contribution in [0.2, 0.25) is 0 Å². The predicted molar refractivity (Wildman–Crippen MR) is 104 cm³/mol. The summed E-state index contributed by atoms with van der Waals surface area (Å²) >= 11 is 0. The molecule has 0 heterocycles. The van der Waals surface area contributed by atoms with E-state index in [1.165, 1.54) is 0 Å². The third kappa shape index (κ3) is 8.85. The van der Waals surface area contributed by atoms with Gasteiger partial charge in [-0.05, 0) is 38.0 Å². The predicted octanol–water partition coefficient (Wildman–Crippen LogP) is 2.15. The number of hydrogen-bond acceptors (Lipinski definition) is 4. The Kier molecular flexibility index (Phi) is 12.5. The zero-order valence-electron chi connectivity index (χ0n) is 14.1. The van der Waals surface area contributed by atoms with Crippen LogP contribution in [0, 0.1) is 0 Å². The molecule has 3 N–H and O–H groups in total. The van der Waals surface area contributed by atoms with Gasteiger partial charge in [0, 0.05) is 19.7 Å². The molecule has 132 valence electrons. The molecule has 1 aromatic rings. The lowest BCUT2D eigenvalue weighted by atomic mass is 10.1. The van der Waals surface area contributed by atoms with E-state index in [2.05, 4.69) is 15.6 Å². The number of methoxy groups -OCH3 is 1. The standard InChI is InChI=1S/C16H27N3O3.HI/c1-4-17-16(19-10-11-22-5-2)18-9-8-13-6-7-14(20)15(12-13)21-3;/h6-7,12,20H,4-5,8-11H2,1-3H3,(H2,17,18,19);1H. The van der Waals surface area contributed by atoms with Crippen molar-refractivity contribution in [3.8, 4) is 11.5 Å². The van der Waals surface area contributed by atoms with Crippen molar-refractivity contribution in [1.29, 1.82) is 0 Å². The molecule has 6 nitrogen and oxygen atoms in total. The third-order valence-corrected chi connectivity index (χ3v) is 3.00. The zero-order valence-corrected chi connectivity index (χ0v) is 16.4. The highest BCUT2D eigenvalue weighted by Gasteiger charge is 2.03. The van der Waals surface area contributed by atoms with Crippen LogP contribution in [-0.4, -0.2) is 51.0 Å². The van der Waals surface area contributed by atoms with Gasteiger partial charge in [0.05, 0.1) is 20.3 Å². The van der Waals surface area contributed by atoms with Gasteiger partial charge in [0.2, 0.25) is 0 Å². The summed E-state index contributed by atoms with van der Waals surface area (Å²) in [6.07, 6.45) is 0.812. The molecule has 7 heteroatoms. The molecule has 23 heavy (non-hydrogen) atoms. The molecule has 0 amide bonds. The summed E-state index contributed by atoms with van der Waals surface area (Å²) in [5.41, 5.74) is 1.09. The number of aliphatic imine (C=N–C) groups is 1. The maximum atomic E-state index is 9.58. The number of nitrogens with one attached hydrogen (secondary N) is 2. The van der Waals surface area contributed by atoms with Gasteiger partial charge in [-0.25, -0.2) is 0 Å². The van der Waals surface area contributed by atoms with Crippen LogP contribution in [0.1, 0.15) is 19.4 Å². The number of ether oxygens (including phenoxy) is 2. The van der Waals surface area contributed by atoms with Crippen molar-refractivity contribution in [3.63, 3.8) is 0 Å². The molecule has 0 aliphatic rings. The van der Waals surface area contributed by atoms with Crippen molar-refractivity contribution in [2.24, 2.45) is 4.99 Å². The fourth-order valence-corrected chi connectivity index (χ4v) is 1.91. The average Bonchev–Trinajstić information content (AvgIpc) is 2.53. The normalized spacial score (nSPS) is 10.8. The zero-order chi connectivity index (χ0) is 16.2. The first kappa shape index (κ1) is 21.8. The Hall–Kier alpha value is -1.22. The lowest BCUT2D eigenvalue weighted by Crippen LogP contribution is -2.38. The third-order valence-electron chi connectivity index (χ3n) is 3.00. The molecule has 0 aromatic heterocycles. The average molecular weight is 437 g/mol. The highest BCUT2D eigenvalue weighted by atomic mass is 127. The highest BCUT2D eigenvalue weighted by Crippen LogP contribution is 2.26. The summed E-state index contributed by atoms with van der Waals surface area (Å²) in [5.74, 6) is 1.44. The number of rotatable bonds is 9. The molecule has 1 aromatic carbocycles. The first-order chi connectivity index (χ1) is 10.7. The van der Waals surface area contributed by atoms with E-state index in [-0.39, 0.29) is 29.7 Å². The second-order valence-electron chi connectivity index (χ2n) is 4.64. The number of hydrogen-bond donors (Lipinski definition) is 3. The van der Waals surface area contributed by atoms with Crippen molar-refractivity contribution in [2.75, 3.05) is 40.0 Å². The number of aromatic hydroxyl groups is 1. The number of phenolic OH excluding ortho intramolecular Hbond substituents is 1. The molecule has 0 saturated carbocycles. The van der Waals surface area contributed by atoms with Gasteiger partial charge in [-0.3, -0.25) is 4.99 Å². The van der Waals surface area contributed by atoms with Gasteiger partial charge in [0.1, 0.15) is 0 Å². The maximum absolute atomic E-state index is 9.58. The topological polar surface area (TPSA) is 75.1 Å². The molecule has 0 unspecified atom stereocenters. The minimum Gasteiger partial charge on any atom is -0.504 e. The molecule has 0 aliphatic heterocycles. The number of nitrogens with zero attached hydrogens (tertiary/aromatic N) is 1. The summed E-state index contributed by atoms with van der Waals surface area (Å²) in [4.78, 5) is 4.43. The summed E-state index contributed by atoms with van der Waals surface area (Å²) in [5, 5.41) is 16.1. The summed E-state index contributed by atoms with van der Waals surface area (Å²) in [6, 6.07) is 5.38. The molecule has 0 atom stereocenters. The van der Waals surface area contributed by atoms with Crippen LogP contribution in [0.5, 0.6) is 11.5 Å². The van der Waals surface area contributed by atoms with E-state index in [0.717, 1.165) is 31.0 Å². The Morgan fingerprint density at radius 3 is 2.70 bits per heavy atom. The fourth-order valence-electron chi connectivity index (χ4n) is 1.91. The lowest BCUT2D eigenvalue weighted by Gasteiger charge is -2.12. The van der Waals surface area contributed by atoms with E-state index in [4.69, 9.17) is 9.47 Å². The number of guanidine groups is 1. The Morgan fingerprint density at radius 1 is 1.26 bits per heavy atom. The number of phenols is 1. The Morgan fingerprint density at radius 2 is 2.04 bits per heavy atom. The van der Waals surface area contributed by atoms with Crippen LogP contribution in [0.3, 0.4) is 0 Å². The van der Waals surface area contributed by atoms with Gasteiger partial charge in [-0.2, -0.15) is 0 Å². The molecular weight excluding hydrogens is 409 g/mol. The second-order valence-corrected chi connectivity index (χ2v) is 4.64. The Bertz CT molecular complexity index is 470. The second kappa shape index (κ2) is 13.2. The minimum absolute atomic E-state index is 0. The molecule has 0 fully saturated rings. The molecular formula is C16H28IN3O3. The Balaban J connectivity index is 0.00000484. The van der Waals surface area contributed by atoms with Crippen LogP contribution >= 0.6 is 24.0 Å². The van der Waals surface area contributed by atoms with Crippen LogP contribution in [0.25, 0.3) is 0 Å². The van der Waals surface area contributed by atoms with Crippen LogP contribution in [0.4, 0.5) is 0 Å². The van der Waals surface area contributed by atoms with Gasteiger partial charge >= 0.3 is 0 Å². The quantitative estimate of drug-likeness (QED) is 0.239. The van der Waals surface area contributed by atoms with E-state index < -0.39 is 0 Å². The fraction of sp³-hybridized carbons (Fsp3) is 0.562. The van der Waals surface area contributed by atoms with Crippen LogP contribution < -0.4 is 15.4 Å². The van der Waals surface area contributed by atoms with E-state index in [1.807, 2.05) is 26.0 Å². The molecule has 0 bridgehead atoms. The van der Waals surface area contributed by atoms with Crippen LogP contribution in [-0.2, 0) is 11.2 Å². The summed E-state index contributed by atoms with van der Waals surface area (Å²) in [6.45, 7) is 7.53. The van der Waals surface area contributed by atoms with Crippen molar-refractivity contribution >= 4 is 29.9 Å². The van der Waals surface area contributed by atoms with E-state index in [0.29, 0.717) is 25.5 Å². The summed E-state index contributed by atoms with van der Waals surface area (Å²) in [7, 11) is 1.55. The van der Waals surface area contributed by atoms with Gasteiger partial charge in [-0.15, -0.1) is 24.0 Å². The van der Waals surface area contributed by atoms with Crippen molar-refractivity contribution < 1.29 is 14.6 Å². The largest absolute Gasteiger partial charge is 0.504 e. The number of halogens is 1. The molecule has 0 radical (unpaired) electrons. The van der Waals surface area contributed by atoms with Gasteiger partial charge in [-0.1, -0.05) is 6.07 Å². The van der Waals surface area contributed by atoms with E-state index >= 15 is 0 Å². The first-order valence-electron chi connectivity index (χ1n) is 7.67. The van der Waals surface area contributed by atoms with E-state index in [1.54, 1.807) is 13.2 Å². The lowest BCUT2D eigenvalue weighted by molar-refractivity contribution is 0.155. The van der Waals surface area contributed by atoms with Crippen molar-refractivity contribution in [3.05, 3.63) is 23.8 Å². The Labute approximate surface area is 155 Å². The van der Waals surface area contributed by atoms with Crippen LogP contribution in [0.15, 0.2) is 23.2 Å².